The number of hydrogen-bond donors (Lipinski definition) is 0. The molecule has 5 rings (SSSR count). The summed E-state index contributed by atoms with van der Waals surface area (Å²) in [7, 11) is 0. The van der Waals surface area contributed by atoms with E-state index < -0.39 is 30.4 Å². The van der Waals surface area contributed by atoms with Crippen molar-refractivity contribution in [3.63, 3.8) is 0 Å². The number of hydrogen-bond acceptors (Lipinski definition) is 7. The Hall–Kier alpha value is -3.45. The van der Waals surface area contributed by atoms with Gasteiger partial charge < -0.3 is 4.90 Å². The Kier molecular flexibility index (Phi) is 5.55. The molecule has 35 heavy (non-hydrogen) atoms. The maximum absolute atomic E-state index is 13.3. The quantitative estimate of drug-likeness (QED) is 0.512. The Labute approximate surface area is 196 Å². The van der Waals surface area contributed by atoms with E-state index in [0.717, 1.165) is 6.20 Å². The van der Waals surface area contributed by atoms with Gasteiger partial charge in [0, 0.05) is 32.0 Å². The molecular weight excluding hydrogens is 475 g/mol. The Morgan fingerprint density at radius 1 is 1.09 bits per heavy atom. The van der Waals surface area contributed by atoms with Gasteiger partial charge in [0.1, 0.15) is 12.4 Å². The van der Waals surface area contributed by atoms with Crippen LogP contribution in [-0.4, -0.2) is 61.7 Å². The molecule has 0 aliphatic carbocycles. The van der Waals surface area contributed by atoms with E-state index in [4.69, 9.17) is 0 Å². The van der Waals surface area contributed by atoms with E-state index in [2.05, 4.69) is 25.0 Å². The maximum atomic E-state index is 13.3. The molecule has 3 aromatic rings. The fraction of sp³-hybridized carbons (Fsp3) is 0.524. The number of rotatable bonds is 4. The van der Waals surface area contributed by atoms with Gasteiger partial charge >= 0.3 is 6.18 Å². The predicted octanol–water partition coefficient (Wildman–Crippen LogP) is 3.23. The van der Waals surface area contributed by atoms with Gasteiger partial charge in [-0.25, -0.2) is 28.4 Å². The van der Waals surface area contributed by atoms with Crippen LogP contribution in [0.15, 0.2) is 18.5 Å². The minimum absolute atomic E-state index is 0.0620. The van der Waals surface area contributed by atoms with Crippen molar-refractivity contribution in [1.82, 2.24) is 29.7 Å². The average molecular weight is 496 g/mol. The van der Waals surface area contributed by atoms with Crippen LogP contribution in [0.1, 0.15) is 30.8 Å². The van der Waals surface area contributed by atoms with Crippen LogP contribution in [0, 0.1) is 12.3 Å². The summed E-state index contributed by atoms with van der Waals surface area (Å²) >= 11 is 0. The van der Waals surface area contributed by atoms with Gasteiger partial charge in [0.2, 0.25) is 17.7 Å². The summed E-state index contributed by atoms with van der Waals surface area (Å²) < 4.78 is 66.1. The van der Waals surface area contributed by atoms with Crippen LogP contribution in [0.5, 0.6) is 0 Å². The number of aromatic nitrogens is 6. The molecule has 5 heterocycles. The molecule has 2 fully saturated rings. The van der Waals surface area contributed by atoms with E-state index in [-0.39, 0.29) is 18.3 Å². The molecule has 1 spiro atoms. The van der Waals surface area contributed by atoms with Gasteiger partial charge in [0.25, 0.3) is 6.43 Å². The van der Waals surface area contributed by atoms with Gasteiger partial charge in [0.05, 0.1) is 16.5 Å². The first kappa shape index (κ1) is 23.3. The smallest absolute Gasteiger partial charge is 0.341 e. The van der Waals surface area contributed by atoms with Crippen molar-refractivity contribution in [2.75, 3.05) is 29.4 Å². The molecule has 9 nitrogen and oxygen atoms in total. The van der Waals surface area contributed by atoms with Crippen molar-refractivity contribution in [2.24, 2.45) is 5.41 Å². The lowest BCUT2D eigenvalue weighted by molar-refractivity contribution is -0.145. The lowest BCUT2D eigenvalue weighted by Gasteiger charge is -2.37. The zero-order valence-electron chi connectivity index (χ0n) is 18.6. The highest BCUT2D eigenvalue weighted by atomic mass is 19.4. The van der Waals surface area contributed by atoms with Crippen LogP contribution in [0.2, 0.25) is 0 Å². The standard InChI is InChI=1S/C21H21F5N8O/c1-12-13-10-28-19(30-16(13)34(31-12)11-14(22)23)32-7-3-20(4-8-32)5-9-33(18(20)35)15-2-6-27-17(29-15)21(24,25)26/h2,6,10,14H,3-5,7-9,11H2,1H3. The molecule has 186 valence electrons. The van der Waals surface area contributed by atoms with E-state index in [9.17, 15) is 26.7 Å². The molecule has 2 aliphatic heterocycles. The molecular formula is C21H21F5N8O. The van der Waals surface area contributed by atoms with Gasteiger partial charge in [-0.15, -0.1) is 0 Å². The summed E-state index contributed by atoms with van der Waals surface area (Å²) in [5, 5.41) is 4.72. The van der Waals surface area contributed by atoms with E-state index in [1.807, 2.05) is 4.90 Å². The number of fused-ring (bicyclic) bond motifs is 1. The van der Waals surface area contributed by atoms with Gasteiger partial charge in [-0.05, 0) is 32.3 Å². The van der Waals surface area contributed by atoms with Gasteiger partial charge in [-0.1, -0.05) is 0 Å². The monoisotopic (exact) mass is 496 g/mol. The largest absolute Gasteiger partial charge is 0.451 e. The van der Waals surface area contributed by atoms with E-state index >= 15 is 0 Å². The summed E-state index contributed by atoms with van der Waals surface area (Å²) in [6, 6.07) is 1.30. The van der Waals surface area contributed by atoms with Gasteiger partial charge in [0.15, 0.2) is 5.65 Å². The summed E-state index contributed by atoms with van der Waals surface area (Å²) in [5.41, 5.74) is 0.165. The first-order chi connectivity index (χ1) is 16.6. The van der Waals surface area contributed by atoms with Crippen LogP contribution >= 0.6 is 0 Å². The fourth-order valence-corrected chi connectivity index (χ4v) is 4.78. The third-order valence-electron chi connectivity index (χ3n) is 6.66. The van der Waals surface area contributed by atoms with Crippen LogP contribution in [0.25, 0.3) is 11.0 Å². The minimum atomic E-state index is -4.70. The number of carbonyl (C=O) groups excluding carboxylic acids is 1. The lowest BCUT2D eigenvalue weighted by Crippen LogP contribution is -2.45. The molecule has 2 saturated heterocycles. The Morgan fingerprint density at radius 2 is 1.80 bits per heavy atom. The van der Waals surface area contributed by atoms with Gasteiger partial charge in [-0.3, -0.25) is 9.69 Å². The number of aryl methyl sites for hydroxylation is 1. The van der Waals surface area contributed by atoms with Crippen molar-refractivity contribution in [1.29, 1.82) is 0 Å². The Balaban J connectivity index is 1.32. The van der Waals surface area contributed by atoms with Crippen LogP contribution in [0.4, 0.5) is 33.7 Å². The Morgan fingerprint density at radius 3 is 2.49 bits per heavy atom. The lowest BCUT2D eigenvalue weighted by atomic mass is 9.77. The van der Waals surface area contributed by atoms with Crippen LogP contribution < -0.4 is 9.80 Å². The van der Waals surface area contributed by atoms with Crippen molar-refractivity contribution < 1.29 is 26.7 Å². The molecule has 0 bridgehead atoms. The second-order valence-electron chi connectivity index (χ2n) is 8.78. The topological polar surface area (TPSA) is 92.9 Å². The fourth-order valence-electron chi connectivity index (χ4n) is 4.78. The molecule has 3 aromatic heterocycles. The van der Waals surface area contributed by atoms with Crippen molar-refractivity contribution in [3.8, 4) is 0 Å². The average Bonchev–Trinajstić information content (AvgIpc) is 3.30. The summed E-state index contributed by atoms with van der Waals surface area (Å²) in [5.74, 6) is -1.25. The van der Waals surface area contributed by atoms with Crippen molar-refractivity contribution >= 4 is 28.7 Å². The Bertz CT molecular complexity index is 1270. The zero-order chi connectivity index (χ0) is 25.0. The molecule has 1 amide bonds. The van der Waals surface area contributed by atoms with Gasteiger partial charge in [-0.2, -0.15) is 23.3 Å². The molecule has 2 aliphatic rings. The second kappa shape index (κ2) is 8.34. The number of halogens is 5. The van der Waals surface area contributed by atoms with E-state index in [0.29, 0.717) is 55.0 Å². The number of piperidine rings is 1. The SMILES string of the molecule is Cc1nn(CC(F)F)c2nc(N3CCC4(CC3)CCN(c3ccnc(C(F)(F)F)n3)C4=O)ncc12. The predicted molar refractivity (Wildman–Crippen MR) is 114 cm³/mol. The highest BCUT2D eigenvalue weighted by molar-refractivity contribution is 5.99. The highest BCUT2D eigenvalue weighted by Crippen LogP contribution is 2.43. The maximum Gasteiger partial charge on any atom is 0.451 e. The number of anilines is 2. The molecule has 0 aromatic carbocycles. The molecule has 14 heteroatoms. The molecule has 0 unspecified atom stereocenters. The van der Waals surface area contributed by atoms with Crippen LogP contribution in [0.3, 0.4) is 0 Å². The van der Waals surface area contributed by atoms with E-state index in [1.165, 1.54) is 15.6 Å². The third kappa shape index (κ3) is 4.14. The minimum Gasteiger partial charge on any atom is -0.341 e. The normalized spacial score (nSPS) is 18.4. The first-order valence-corrected chi connectivity index (χ1v) is 11.0. The second-order valence-corrected chi connectivity index (χ2v) is 8.78. The number of carbonyl (C=O) groups is 1. The third-order valence-corrected chi connectivity index (χ3v) is 6.66. The summed E-state index contributed by atoms with van der Waals surface area (Å²) in [4.78, 5) is 32.1. The van der Waals surface area contributed by atoms with Crippen molar-refractivity contribution in [2.45, 2.75) is 45.3 Å². The van der Waals surface area contributed by atoms with E-state index in [1.54, 1.807) is 13.1 Å². The zero-order valence-corrected chi connectivity index (χ0v) is 18.6. The number of amides is 1. The van der Waals surface area contributed by atoms with Crippen LogP contribution in [-0.2, 0) is 17.5 Å². The number of nitrogens with zero attached hydrogens (tertiary/aromatic N) is 8. The molecule has 0 radical (unpaired) electrons. The highest BCUT2D eigenvalue weighted by Gasteiger charge is 2.49. The van der Waals surface area contributed by atoms with Crippen molar-refractivity contribution in [3.05, 3.63) is 30.0 Å². The summed E-state index contributed by atoms with van der Waals surface area (Å²) in [6.45, 7) is 2.26. The molecule has 0 N–H and O–H groups in total. The molecule has 0 atom stereocenters. The molecule has 0 saturated carbocycles. The first-order valence-electron chi connectivity index (χ1n) is 11.0. The summed E-state index contributed by atoms with van der Waals surface area (Å²) in [6.07, 6.45) is -3.32. The number of alkyl halides is 5.